The Morgan fingerprint density at radius 3 is 2.79 bits per heavy atom. The number of nitrogens with zero attached hydrogens (tertiary/aromatic N) is 2. The molecule has 0 unspecified atom stereocenters. The second-order valence-electron chi connectivity index (χ2n) is 3.52. The number of nitrogens with two attached hydrogens (primary N) is 1. The maximum atomic E-state index is 5.62. The number of benzene rings is 1. The molecule has 0 spiro atoms. The fourth-order valence-electron chi connectivity index (χ4n) is 1.72. The first-order valence-electron chi connectivity index (χ1n) is 4.69. The van der Waals surface area contributed by atoms with E-state index in [-0.39, 0.29) is 0 Å². The Hall–Kier alpha value is -1.48. The third-order valence-electron chi connectivity index (χ3n) is 2.56. The first kappa shape index (κ1) is 9.09. The van der Waals surface area contributed by atoms with Crippen LogP contribution in [0.2, 0.25) is 0 Å². The van der Waals surface area contributed by atoms with Gasteiger partial charge in [0.2, 0.25) is 0 Å². The molecule has 0 saturated heterocycles. The van der Waals surface area contributed by atoms with Crippen molar-refractivity contribution in [2.75, 3.05) is 18.6 Å². The standard InChI is InChI=1S/C11H15N3/c1-13-7-11(14(2)8-12)9-5-3-4-6-10(9)13/h3-7H,8,12H2,1-2H3. The molecule has 0 saturated carbocycles. The van der Waals surface area contributed by atoms with Crippen LogP contribution in [0.5, 0.6) is 0 Å². The maximum absolute atomic E-state index is 5.62. The minimum atomic E-state index is 0.536. The molecule has 14 heavy (non-hydrogen) atoms. The van der Waals surface area contributed by atoms with E-state index in [9.17, 15) is 0 Å². The Balaban J connectivity index is 2.66. The van der Waals surface area contributed by atoms with Gasteiger partial charge in [0, 0.05) is 31.2 Å². The van der Waals surface area contributed by atoms with Gasteiger partial charge in [0.05, 0.1) is 12.4 Å². The summed E-state index contributed by atoms with van der Waals surface area (Å²) in [6.07, 6.45) is 2.11. The van der Waals surface area contributed by atoms with Crippen molar-refractivity contribution in [1.82, 2.24) is 4.57 Å². The van der Waals surface area contributed by atoms with Crippen molar-refractivity contribution < 1.29 is 0 Å². The van der Waals surface area contributed by atoms with Crippen LogP contribution in [0.1, 0.15) is 0 Å². The molecule has 0 fully saturated rings. The fourth-order valence-corrected chi connectivity index (χ4v) is 1.72. The highest BCUT2D eigenvalue weighted by Gasteiger charge is 2.07. The minimum Gasteiger partial charge on any atom is -0.360 e. The molecule has 2 N–H and O–H groups in total. The van der Waals surface area contributed by atoms with Gasteiger partial charge in [-0.05, 0) is 6.07 Å². The Labute approximate surface area is 83.7 Å². The molecule has 74 valence electrons. The van der Waals surface area contributed by atoms with Gasteiger partial charge in [0.25, 0.3) is 0 Å². The number of hydrogen-bond acceptors (Lipinski definition) is 2. The predicted molar refractivity (Wildman–Crippen MR) is 60.4 cm³/mol. The molecule has 0 atom stereocenters. The van der Waals surface area contributed by atoms with E-state index in [2.05, 4.69) is 42.1 Å². The van der Waals surface area contributed by atoms with Crippen molar-refractivity contribution in [1.29, 1.82) is 0 Å². The summed E-state index contributed by atoms with van der Waals surface area (Å²) in [5, 5.41) is 1.25. The third-order valence-corrected chi connectivity index (χ3v) is 2.56. The molecule has 0 radical (unpaired) electrons. The molecule has 0 aliphatic carbocycles. The molecule has 0 amide bonds. The molecule has 0 aliphatic rings. The number of hydrogen-bond donors (Lipinski definition) is 1. The van der Waals surface area contributed by atoms with Gasteiger partial charge in [-0.25, -0.2) is 0 Å². The number of anilines is 1. The molecule has 2 rings (SSSR count). The van der Waals surface area contributed by atoms with Crippen LogP contribution in [-0.2, 0) is 7.05 Å². The normalized spacial score (nSPS) is 10.8. The van der Waals surface area contributed by atoms with Gasteiger partial charge < -0.3 is 15.2 Å². The van der Waals surface area contributed by atoms with Crippen molar-refractivity contribution in [3.05, 3.63) is 30.5 Å². The van der Waals surface area contributed by atoms with Crippen molar-refractivity contribution in [2.24, 2.45) is 12.8 Å². The average molecular weight is 189 g/mol. The summed E-state index contributed by atoms with van der Waals surface area (Å²) >= 11 is 0. The Kier molecular flexibility index (Phi) is 2.17. The Bertz CT molecular complexity index is 445. The van der Waals surface area contributed by atoms with Crippen LogP contribution in [0.25, 0.3) is 10.9 Å². The minimum absolute atomic E-state index is 0.536. The number of fused-ring (bicyclic) bond motifs is 1. The van der Waals surface area contributed by atoms with Gasteiger partial charge in [0.1, 0.15) is 0 Å². The molecular formula is C11H15N3. The molecule has 3 heteroatoms. The van der Waals surface area contributed by atoms with Crippen molar-refractivity contribution in [3.63, 3.8) is 0 Å². The largest absolute Gasteiger partial charge is 0.360 e. The van der Waals surface area contributed by atoms with E-state index < -0.39 is 0 Å². The zero-order valence-electron chi connectivity index (χ0n) is 8.57. The molecule has 1 aromatic carbocycles. The fraction of sp³-hybridized carbons (Fsp3) is 0.273. The highest BCUT2D eigenvalue weighted by atomic mass is 15.2. The quantitative estimate of drug-likeness (QED) is 0.727. The number of para-hydroxylation sites is 1. The molecule has 1 aromatic heterocycles. The topological polar surface area (TPSA) is 34.2 Å². The number of aryl methyl sites for hydroxylation is 1. The van der Waals surface area contributed by atoms with Gasteiger partial charge in [0.15, 0.2) is 0 Å². The molecule has 2 aromatic rings. The van der Waals surface area contributed by atoms with Crippen LogP contribution in [0.15, 0.2) is 30.5 Å². The lowest BCUT2D eigenvalue weighted by Gasteiger charge is -2.14. The van der Waals surface area contributed by atoms with Crippen LogP contribution in [-0.4, -0.2) is 18.3 Å². The summed E-state index contributed by atoms with van der Waals surface area (Å²) in [6, 6.07) is 8.34. The van der Waals surface area contributed by atoms with E-state index in [0.29, 0.717) is 6.67 Å². The molecular weight excluding hydrogens is 174 g/mol. The first-order valence-corrected chi connectivity index (χ1v) is 4.69. The van der Waals surface area contributed by atoms with Gasteiger partial charge in [-0.1, -0.05) is 18.2 Å². The zero-order chi connectivity index (χ0) is 10.1. The van der Waals surface area contributed by atoms with Gasteiger partial charge in [-0.2, -0.15) is 0 Å². The van der Waals surface area contributed by atoms with Gasteiger partial charge in [-0.3, -0.25) is 0 Å². The molecule has 3 nitrogen and oxygen atoms in total. The monoisotopic (exact) mass is 189 g/mol. The predicted octanol–water partition coefficient (Wildman–Crippen LogP) is 1.53. The van der Waals surface area contributed by atoms with Crippen LogP contribution < -0.4 is 10.6 Å². The summed E-state index contributed by atoms with van der Waals surface area (Å²) in [7, 11) is 4.05. The van der Waals surface area contributed by atoms with E-state index in [1.165, 1.54) is 16.6 Å². The first-order chi connectivity index (χ1) is 6.74. The molecule has 0 aliphatic heterocycles. The third kappa shape index (κ3) is 1.26. The van der Waals surface area contributed by atoms with E-state index in [4.69, 9.17) is 5.73 Å². The Morgan fingerprint density at radius 2 is 2.07 bits per heavy atom. The number of rotatable bonds is 2. The zero-order valence-corrected chi connectivity index (χ0v) is 8.57. The second-order valence-corrected chi connectivity index (χ2v) is 3.52. The highest BCUT2D eigenvalue weighted by Crippen LogP contribution is 2.26. The lowest BCUT2D eigenvalue weighted by Crippen LogP contribution is -2.24. The second kappa shape index (κ2) is 3.35. The summed E-state index contributed by atoms with van der Waals surface area (Å²) in [5.41, 5.74) is 8.05. The molecule has 1 heterocycles. The average Bonchev–Trinajstić information content (AvgIpc) is 2.56. The van der Waals surface area contributed by atoms with E-state index >= 15 is 0 Å². The lowest BCUT2D eigenvalue weighted by atomic mass is 10.2. The van der Waals surface area contributed by atoms with Crippen LogP contribution in [0, 0.1) is 0 Å². The summed E-state index contributed by atoms with van der Waals surface area (Å²) < 4.78 is 2.12. The van der Waals surface area contributed by atoms with Gasteiger partial charge in [-0.15, -0.1) is 0 Å². The number of aromatic nitrogens is 1. The SMILES string of the molecule is CN(CN)c1cn(C)c2ccccc12. The lowest BCUT2D eigenvalue weighted by molar-refractivity contribution is 0.917. The van der Waals surface area contributed by atoms with Crippen molar-refractivity contribution in [3.8, 4) is 0 Å². The smallest absolute Gasteiger partial charge is 0.0654 e. The molecule has 0 bridgehead atoms. The van der Waals surface area contributed by atoms with Crippen molar-refractivity contribution in [2.45, 2.75) is 0 Å². The van der Waals surface area contributed by atoms with Crippen LogP contribution in [0.4, 0.5) is 5.69 Å². The summed E-state index contributed by atoms with van der Waals surface area (Å²) in [6.45, 7) is 0.536. The van der Waals surface area contributed by atoms with Crippen molar-refractivity contribution >= 4 is 16.6 Å². The summed E-state index contributed by atoms with van der Waals surface area (Å²) in [5.74, 6) is 0. The van der Waals surface area contributed by atoms with E-state index in [0.717, 1.165) is 0 Å². The van der Waals surface area contributed by atoms with Crippen LogP contribution in [0.3, 0.4) is 0 Å². The van der Waals surface area contributed by atoms with Gasteiger partial charge >= 0.3 is 0 Å². The van der Waals surface area contributed by atoms with Crippen LogP contribution >= 0.6 is 0 Å². The van der Waals surface area contributed by atoms with E-state index in [1.54, 1.807) is 0 Å². The highest BCUT2D eigenvalue weighted by molar-refractivity contribution is 5.93. The summed E-state index contributed by atoms with van der Waals surface area (Å²) in [4.78, 5) is 2.04. The Morgan fingerprint density at radius 1 is 1.36 bits per heavy atom. The van der Waals surface area contributed by atoms with E-state index in [1.807, 2.05) is 11.9 Å². The maximum Gasteiger partial charge on any atom is 0.0654 e.